The molecule has 36 valence electrons. The van der Waals surface area contributed by atoms with Crippen molar-refractivity contribution in [3.8, 4) is 0 Å². The molecule has 0 atom stereocenters. The Morgan fingerprint density at radius 1 is 1.33 bits per heavy atom. The van der Waals surface area contributed by atoms with Crippen molar-refractivity contribution in [1.82, 2.24) is 0 Å². The molecule has 0 rings (SSSR count). The lowest BCUT2D eigenvalue weighted by Gasteiger charge is -2.04. The van der Waals surface area contributed by atoms with Crippen molar-refractivity contribution < 1.29 is 0 Å². The van der Waals surface area contributed by atoms with E-state index in [4.69, 9.17) is 0 Å². The van der Waals surface area contributed by atoms with Crippen LogP contribution in [0.15, 0.2) is 0 Å². The molecule has 0 radical (unpaired) electrons. The van der Waals surface area contributed by atoms with Crippen molar-refractivity contribution in [2.75, 3.05) is 0 Å². The van der Waals surface area contributed by atoms with E-state index >= 15 is 0 Å². The minimum Gasteiger partial charge on any atom is -0.0533 e. The average Bonchev–Trinajstić information content (AvgIpc) is 1.35. The summed E-state index contributed by atoms with van der Waals surface area (Å²) >= 11 is 0. The third kappa shape index (κ3) is 5.30. The summed E-state index contributed by atoms with van der Waals surface area (Å²) in [6.07, 6.45) is -0.119. The van der Waals surface area contributed by atoms with Gasteiger partial charge in [0, 0.05) is 6.14 Å². The maximum Gasteiger partial charge on any atom is 0.0103 e. The van der Waals surface area contributed by atoms with Gasteiger partial charge in [-0.3, -0.25) is 0 Å². The van der Waals surface area contributed by atoms with E-state index in [-0.39, 0.29) is 6.14 Å². The van der Waals surface area contributed by atoms with Gasteiger partial charge in [0.2, 0.25) is 0 Å². The molecule has 0 saturated heterocycles. The van der Waals surface area contributed by atoms with E-state index in [2.05, 4.69) is 9.34 Å². The van der Waals surface area contributed by atoms with E-state index in [1.54, 1.807) is 29.3 Å². The molecular formula is H12Si6. The number of rotatable bonds is 1. The monoisotopic (exact) mass is 180 g/mol. The zero-order chi connectivity index (χ0) is 5.21. The van der Waals surface area contributed by atoms with Crippen LogP contribution in [-0.4, -0.2) is 52.9 Å². The summed E-state index contributed by atoms with van der Waals surface area (Å²) in [5.41, 5.74) is 0. The van der Waals surface area contributed by atoms with Crippen molar-refractivity contribution in [3.63, 3.8) is 0 Å². The van der Waals surface area contributed by atoms with E-state index in [1.807, 2.05) is 0 Å². The van der Waals surface area contributed by atoms with Crippen molar-refractivity contribution >= 4 is 52.9 Å². The van der Waals surface area contributed by atoms with Gasteiger partial charge in [0.15, 0.2) is 0 Å². The Hall–Kier alpha value is 1.30. The number of hydrogen-bond donors (Lipinski definition) is 0. The second kappa shape index (κ2) is 2.57. The van der Waals surface area contributed by atoms with Gasteiger partial charge in [0.1, 0.15) is 0 Å². The largest absolute Gasteiger partial charge is 0.0533 e. The lowest BCUT2D eigenvalue weighted by Crippen LogP contribution is -2.41. The molecule has 0 aliphatic heterocycles. The van der Waals surface area contributed by atoms with Crippen LogP contribution in [0.25, 0.3) is 0 Å². The predicted octanol–water partition coefficient (Wildman–Crippen LogP) is -5.50. The molecule has 0 nitrogen and oxygen atoms in total. The summed E-state index contributed by atoms with van der Waals surface area (Å²) in [5.74, 6) is 0. The third-order valence-corrected chi connectivity index (χ3v) is 49.6. The molecule has 6 heteroatoms. The fraction of sp³-hybridized carbons (Fsp3) is 0. The summed E-state index contributed by atoms with van der Waals surface area (Å²) < 4.78 is 0. The SMILES string of the molecule is [SiH2]=[SiH][Si]([SiH3])([SiH3])[SiH3]. The van der Waals surface area contributed by atoms with Crippen LogP contribution in [-0.2, 0) is 0 Å². The fourth-order valence-electron chi connectivity index (χ4n) is 0. The summed E-state index contributed by atoms with van der Waals surface area (Å²) in [7, 11) is 8.20. The van der Waals surface area contributed by atoms with Crippen molar-refractivity contribution in [2.45, 2.75) is 0 Å². The highest BCUT2D eigenvalue weighted by molar-refractivity contribution is 7.79. The third-order valence-electron chi connectivity index (χ3n) is 0.612. The van der Waals surface area contributed by atoms with E-state index < -0.39 is 0 Å². The Kier molecular flexibility index (Phi) is 3.13. The predicted molar refractivity (Wildman–Crippen MR) is 51.3 cm³/mol. The molecule has 0 heterocycles. The second-order valence-corrected chi connectivity index (χ2v) is 69.4. The van der Waals surface area contributed by atoms with Crippen LogP contribution in [0.3, 0.4) is 0 Å². The average molecular weight is 181 g/mol. The maximum atomic E-state index is 2.29. The van der Waals surface area contributed by atoms with Crippen LogP contribution in [0.4, 0.5) is 0 Å². The van der Waals surface area contributed by atoms with Gasteiger partial charge in [-0.05, 0) is 29.3 Å². The molecule has 0 bridgehead atoms. The van der Waals surface area contributed by atoms with E-state index in [0.29, 0.717) is 0 Å². The van der Waals surface area contributed by atoms with Crippen molar-refractivity contribution in [2.24, 2.45) is 0 Å². The lowest BCUT2D eigenvalue weighted by atomic mass is 26.1. The summed E-state index contributed by atoms with van der Waals surface area (Å²) in [4.78, 5) is 0. The first-order valence-electron chi connectivity index (χ1n) is 2.20. The Bertz CT molecular complexity index is 45.5. The highest BCUT2D eigenvalue weighted by Crippen LogP contribution is 1.66. The molecule has 0 spiro atoms. The van der Waals surface area contributed by atoms with Gasteiger partial charge in [-0.15, -0.1) is 0 Å². The van der Waals surface area contributed by atoms with Crippen molar-refractivity contribution in [1.29, 1.82) is 0 Å². The van der Waals surface area contributed by atoms with Crippen molar-refractivity contribution in [3.05, 3.63) is 0 Å². The minimum atomic E-state index is -0.119. The Balaban J connectivity index is 3.45. The first-order chi connectivity index (χ1) is 2.56. The molecule has 0 amide bonds. The van der Waals surface area contributed by atoms with Crippen LogP contribution in [0.2, 0.25) is 0 Å². The molecule has 0 aromatic rings. The zero-order valence-corrected chi connectivity index (χ0v) is 14.4. The van der Waals surface area contributed by atoms with Crippen LogP contribution in [0, 0.1) is 0 Å². The zero-order valence-electron chi connectivity index (χ0n) is 4.78. The molecule has 0 aliphatic carbocycles. The Morgan fingerprint density at radius 2 is 1.50 bits per heavy atom. The van der Waals surface area contributed by atoms with Gasteiger partial charge < -0.3 is 0 Å². The van der Waals surface area contributed by atoms with E-state index in [9.17, 15) is 0 Å². The standard InChI is InChI=1S/H12Si6/c1-5-6(2,3)4/h5H,1H2,2-4H3. The van der Waals surface area contributed by atoms with Gasteiger partial charge >= 0.3 is 0 Å². The molecule has 0 aromatic heterocycles. The molecule has 0 aliphatic rings. The van der Waals surface area contributed by atoms with Crippen LogP contribution >= 0.6 is 0 Å². The van der Waals surface area contributed by atoms with Gasteiger partial charge in [0.05, 0.1) is 0 Å². The Morgan fingerprint density at radius 3 is 1.50 bits per heavy atom. The van der Waals surface area contributed by atoms with E-state index in [0.717, 1.165) is 8.13 Å². The van der Waals surface area contributed by atoms with Crippen LogP contribution in [0.5, 0.6) is 0 Å². The summed E-state index contributed by atoms with van der Waals surface area (Å²) in [6.45, 7) is 0. The minimum absolute atomic E-state index is 0.119. The van der Waals surface area contributed by atoms with Gasteiger partial charge in [0.25, 0.3) is 0 Å². The second-order valence-electron chi connectivity index (χ2n) is 2.57. The highest BCUT2D eigenvalue weighted by atomic mass is 30.1. The van der Waals surface area contributed by atoms with E-state index in [1.165, 1.54) is 0 Å². The lowest BCUT2D eigenvalue weighted by molar-refractivity contribution is 3.72. The topological polar surface area (TPSA) is 0 Å². The molecule has 0 saturated carbocycles. The quantitative estimate of drug-likeness (QED) is 0.354. The van der Waals surface area contributed by atoms with Gasteiger partial charge in [-0.1, -0.05) is 17.5 Å². The molecule has 0 N–H and O–H groups in total. The van der Waals surface area contributed by atoms with Gasteiger partial charge in [-0.2, -0.15) is 0 Å². The van der Waals surface area contributed by atoms with Gasteiger partial charge in [-0.25, -0.2) is 0 Å². The molecule has 0 aromatic carbocycles. The van der Waals surface area contributed by atoms with Crippen LogP contribution < -0.4 is 0 Å². The first-order valence-corrected chi connectivity index (χ1v) is 19.8. The summed E-state index contributed by atoms with van der Waals surface area (Å²) in [6, 6.07) is 0. The Labute approximate surface area is 53.1 Å². The highest BCUT2D eigenvalue weighted by Gasteiger charge is 2.03. The first kappa shape index (κ1) is 7.30. The molecule has 0 unspecified atom stereocenters. The molecular weight excluding hydrogens is 169 g/mol. The number of hydrogen-bond acceptors (Lipinski definition) is 0. The smallest absolute Gasteiger partial charge is 0.0103 e. The summed E-state index contributed by atoms with van der Waals surface area (Å²) in [5, 5.41) is 0. The molecule has 0 fully saturated rings. The maximum absolute atomic E-state index is 2.29. The normalized spacial score (nSPS) is 20.7. The fourth-order valence-corrected chi connectivity index (χ4v) is 0. The molecule has 6 heavy (non-hydrogen) atoms. The van der Waals surface area contributed by atoms with Crippen LogP contribution in [0.1, 0.15) is 0 Å².